The third-order valence-corrected chi connectivity index (χ3v) is 2.92. The Morgan fingerprint density at radius 1 is 1.31 bits per heavy atom. The maximum atomic E-state index is 5.84. The van der Waals surface area contributed by atoms with Gasteiger partial charge in [-0.2, -0.15) is 0 Å². The Balaban J connectivity index is 2.41. The lowest BCUT2D eigenvalue weighted by atomic mass is 10.1. The van der Waals surface area contributed by atoms with Crippen LogP contribution in [-0.4, -0.2) is 30.1 Å². The molecule has 3 heteroatoms. The number of hydrogen-bond donors (Lipinski definition) is 1. The molecule has 2 N–H and O–H groups in total. The molecule has 0 aliphatic rings. The van der Waals surface area contributed by atoms with Crippen LogP contribution < -0.4 is 5.73 Å². The smallest absolute Gasteiger partial charge is 0.0482 e. The fourth-order valence-corrected chi connectivity index (χ4v) is 2.03. The molecule has 86 valence electrons. The molecule has 0 fully saturated rings. The Labute approximate surface area is 96.5 Å². The standard InChI is InChI=1S/C13H19N3/c1-15(2)7-6-10-9-16(3)13-5-4-11(14)8-12(10)13/h4-5,8-9H,6-7,14H2,1-3H3. The second kappa shape index (κ2) is 4.18. The summed E-state index contributed by atoms with van der Waals surface area (Å²) in [5.41, 5.74) is 9.30. The highest BCUT2D eigenvalue weighted by atomic mass is 15.0. The lowest BCUT2D eigenvalue weighted by Crippen LogP contribution is -2.14. The van der Waals surface area contributed by atoms with Crippen LogP contribution in [0.25, 0.3) is 10.9 Å². The van der Waals surface area contributed by atoms with Crippen LogP contribution in [0.2, 0.25) is 0 Å². The maximum absolute atomic E-state index is 5.84. The van der Waals surface area contributed by atoms with E-state index in [1.165, 1.54) is 16.5 Å². The molecular weight excluding hydrogens is 198 g/mol. The minimum absolute atomic E-state index is 0.838. The molecule has 3 nitrogen and oxygen atoms in total. The number of anilines is 1. The van der Waals surface area contributed by atoms with Crippen molar-refractivity contribution in [2.75, 3.05) is 26.4 Å². The number of nitrogens with two attached hydrogens (primary N) is 1. The Bertz CT molecular complexity index is 497. The van der Waals surface area contributed by atoms with E-state index >= 15 is 0 Å². The zero-order valence-electron chi connectivity index (χ0n) is 10.2. The summed E-state index contributed by atoms with van der Waals surface area (Å²) in [6.07, 6.45) is 3.27. The van der Waals surface area contributed by atoms with Crippen LogP contribution in [0.5, 0.6) is 0 Å². The average molecular weight is 217 g/mol. The first-order chi connectivity index (χ1) is 7.58. The van der Waals surface area contributed by atoms with Gasteiger partial charge in [0.1, 0.15) is 0 Å². The molecule has 16 heavy (non-hydrogen) atoms. The minimum atomic E-state index is 0.838. The minimum Gasteiger partial charge on any atom is -0.399 e. The van der Waals surface area contributed by atoms with Gasteiger partial charge in [-0.05, 0) is 44.3 Å². The van der Waals surface area contributed by atoms with E-state index in [1.807, 2.05) is 6.07 Å². The van der Waals surface area contributed by atoms with Crippen molar-refractivity contribution in [1.82, 2.24) is 9.47 Å². The van der Waals surface area contributed by atoms with Gasteiger partial charge in [-0.1, -0.05) is 0 Å². The largest absolute Gasteiger partial charge is 0.399 e. The number of rotatable bonds is 3. The van der Waals surface area contributed by atoms with Gasteiger partial charge >= 0.3 is 0 Å². The summed E-state index contributed by atoms with van der Waals surface area (Å²) in [4.78, 5) is 2.20. The second-order valence-corrected chi connectivity index (χ2v) is 4.60. The summed E-state index contributed by atoms with van der Waals surface area (Å²) in [6, 6.07) is 6.11. The van der Waals surface area contributed by atoms with Crippen molar-refractivity contribution in [3.8, 4) is 0 Å². The van der Waals surface area contributed by atoms with Crippen LogP contribution in [-0.2, 0) is 13.5 Å². The first-order valence-electron chi connectivity index (χ1n) is 5.56. The van der Waals surface area contributed by atoms with Crippen LogP contribution in [0.3, 0.4) is 0 Å². The van der Waals surface area contributed by atoms with Crippen LogP contribution in [0, 0.1) is 0 Å². The van der Waals surface area contributed by atoms with Gasteiger partial charge in [-0.3, -0.25) is 0 Å². The summed E-state index contributed by atoms with van der Waals surface area (Å²) < 4.78 is 2.17. The predicted molar refractivity (Wildman–Crippen MR) is 69.6 cm³/mol. The van der Waals surface area contributed by atoms with Gasteiger partial charge in [0.25, 0.3) is 0 Å². The molecule has 0 unspecified atom stereocenters. The molecule has 0 saturated heterocycles. The molecule has 1 aromatic heterocycles. The molecule has 0 radical (unpaired) electrons. The number of aromatic nitrogens is 1. The number of likely N-dealkylation sites (N-methyl/N-ethyl adjacent to an activating group) is 1. The van der Waals surface area contributed by atoms with E-state index < -0.39 is 0 Å². The van der Waals surface area contributed by atoms with E-state index in [9.17, 15) is 0 Å². The van der Waals surface area contributed by atoms with E-state index in [-0.39, 0.29) is 0 Å². The van der Waals surface area contributed by atoms with Crippen molar-refractivity contribution >= 4 is 16.6 Å². The van der Waals surface area contributed by atoms with E-state index in [2.05, 4.69) is 48.9 Å². The predicted octanol–water partition coefficient (Wildman–Crippen LogP) is 1.86. The van der Waals surface area contributed by atoms with Crippen LogP contribution in [0.1, 0.15) is 5.56 Å². The second-order valence-electron chi connectivity index (χ2n) is 4.60. The molecule has 0 spiro atoms. The van der Waals surface area contributed by atoms with Crippen molar-refractivity contribution in [2.24, 2.45) is 7.05 Å². The van der Waals surface area contributed by atoms with Crippen molar-refractivity contribution < 1.29 is 0 Å². The zero-order valence-corrected chi connectivity index (χ0v) is 10.2. The SMILES string of the molecule is CN(C)CCc1cn(C)c2ccc(N)cc12. The van der Waals surface area contributed by atoms with Gasteiger partial charge in [0.15, 0.2) is 0 Å². The summed E-state index contributed by atoms with van der Waals surface area (Å²) in [7, 11) is 6.27. The topological polar surface area (TPSA) is 34.2 Å². The summed E-state index contributed by atoms with van der Waals surface area (Å²) in [5.74, 6) is 0. The highest BCUT2D eigenvalue weighted by molar-refractivity contribution is 5.86. The van der Waals surface area contributed by atoms with Gasteiger partial charge in [0, 0.05) is 36.4 Å². The molecule has 1 aromatic carbocycles. The third-order valence-electron chi connectivity index (χ3n) is 2.92. The Kier molecular flexibility index (Phi) is 2.88. The summed E-state index contributed by atoms with van der Waals surface area (Å²) in [5, 5.41) is 1.28. The number of hydrogen-bond acceptors (Lipinski definition) is 2. The lowest BCUT2D eigenvalue weighted by molar-refractivity contribution is 0.414. The molecule has 0 aliphatic carbocycles. The number of nitrogens with zero attached hydrogens (tertiary/aromatic N) is 2. The molecular formula is C13H19N3. The van der Waals surface area contributed by atoms with E-state index in [4.69, 9.17) is 5.73 Å². The third kappa shape index (κ3) is 2.04. The van der Waals surface area contributed by atoms with E-state index in [1.54, 1.807) is 0 Å². The highest BCUT2D eigenvalue weighted by Crippen LogP contribution is 2.23. The molecule has 0 saturated carbocycles. The maximum Gasteiger partial charge on any atom is 0.0482 e. The molecule has 1 heterocycles. The van der Waals surface area contributed by atoms with Crippen molar-refractivity contribution in [2.45, 2.75) is 6.42 Å². The summed E-state index contributed by atoms with van der Waals surface area (Å²) >= 11 is 0. The van der Waals surface area contributed by atoms with Gasteiger partial charge in [-0.25, -0.2) is 0 Å². The number of nitrogen functional groups attached to an aromatic ring is 1. The molecule has 0 aliphatic heterocycles. The molecule has 0 amide bonds. The molecule has 0 atom stereocenters. The highest BCUT2D eigenvalue weighted by Gasteiger charge is 2.06. The van der Waals surface area contributed by atoms with Crippen LogP contribution >= 0.6 is 0 Å². The first kappa shape index (κ1) is 11.0. The number of benzene rings is 1. The van der Waals surface area contributed by atoms with Gasteiger partial charge in [-0.15, -0.1) is 0 Å². The fourth-order valence-electron chi connectivity index (χ4n) is 2.03. The van der Waals surface area contributed by atoms with E-state index in [0.29, 0.717) is 0 Å². The van der Waals surface area contributed by atoms with Crippen LogP contribution in [0.4, 0.5) is 5.69 Å². The van der Waals surface area contributed by atoms with Crippen molar-refractivity contribution in [3.05, 3.63) is 30.0 Å². The molecule has 2 aromatic rings. The number of fused-ring (bicyclic) bond motifs is 1. The summed E-state index contributed by atoms with van der Waals surface area (Å²) in [6.45, 7) is 1.06. The van der Waals surface area contributed by atoms with Gasteiger partial charge < -0.3 is 15.2 Å². The Hall–Kier alpha value is -1.48. The quantitative estimate of drug-likeness (QED) is 0.796. The van der Waals surface area contributed by atoms with E-state index in [0.717, 1.165) is 18.7 Å². The molecule has 2 rings (SSSR count). The first-order valence-corrected chi connectivity index (χ1v) is 5.56. The monoisotopic (exact) mass is 217 g/mol. The molecule has 0 bridgehead atoms. The van der Waals surface area contributed by atoms with Crippen molar-refractivity contribution in [1.29, 1.82) is 0 Å². The lowest BCUT2D eigenvalue weighted by Gasteiger charge is -2.08. The van der Waals surface area contributed by atoms with Crippen molar-refractivity contribution in [3.63, 3.8) is 0 Å². The zero-order chi connectivity index (χ0) is 11.7. The Morgan fingerprint density at radius 2 is 2.06 bits per heavy atom. The van der Waals surface area contributed by atoms with Gasteiger partial charge in [0.2, 0.25) is 0 Å². The Morgan fingerprint density at radius 3 is 2.75 bits per heavy atom. The van der Waals surface area contributed by atoms with Crippen LogP contribution in [0.15, 0.2) is 24.4 Å². The number of aryl methyl sites for hydroxylation is 1. The normalized spacial score (nSPS) is 11.5. The van der Waals surface area contributed by atoms with Gasteiger partial charge in [0.05, 0.1) is 0 Å². The fraction of sp³-hybridized carbons (Fsp3) is 0.385. The average Bonchev–Trinajstić information content (AvgIpc) is 2.52.